The fraction of sp³-hybridized carbons (Fsp3) is 0.500. The monoisotopic (exact) mass is 308 g/mol. The summed E-state index contributed by atoms with van der Waals surface area (Å²) in [5.74, 6) is -0.507. The lowest BCUT2D eigenvalue weighted by molar-refractivity contribution is 0.517. The molecule has 2 rings (SSSR count). The highest BCUT2D eigenvalue weighted by atomic mass is 35.5. The van der Waals surface area contributed by atoms with Crippen LogP contribution in [0.4, 0.5) is 4.39 Å². The highest BCUT2D eigenvalue weighted by molar-refractivity contribution is 7.88. The second-order valence-electron chi connectivity index (χ2n) is 4.65. The number of hydrogen-bond donors (Lipinski definition) is 2. The van der Waals surface area contributed by atoms with Crippen molar-refractivity contribution in [2.45, 2.75) is 24.6 Å². The third kappa shape index (κ3) is 4.72. The molecule has 1 atom stereocenters. The van der Waals surface area contributed by atoms with E-state index in [9.17, 15) is 12.8 Å². The lowest BCUT2D eigenvalue weighted by atomic mass is 10.2. The first-order valence-corrected chi connectivity index (χ1v) is 7.60. The molecule has 1 saturated carbocycles. The molecule has 0 saturated heterocycles. The molecule has 4 nitrogen and oxygen atoms in total. The Hall–Kier alpha value is -0.690. The molecule has 1 aromatic rings. The number of nitrogens with two attached hydrogens (primary N) is 1. The van der Waals surface area contributed by atoms with Crippen molar-refractivity contribution in [3.8, 4) is 0 Å². The van der Waals surface area contributed by atoms with Crippen LogP contribution in [-0.4, -0.2) is 21.0 Å². The fourth-order valence-electron chi connectivity index (χ4n) is 1.93. The van der Waals surface area contributed by atoms with E-state index in [0.29, 0.717) is 5.92 Å². The van der Waals surface area contributed by atoms with E-state index in [2.05, 4.69) is 4.72 Å². The van der Waals surface area contributed by atoms with Gasteiger partial charge in [-0.3, -0.25) is 0 Å². The molecule has 0 aliphatic heterocycles. The van der Waals surface area contributed by atoms with E-state index in [0.717, 1.165) is 12.8 Å². The van der Waals surface area contributed by atoms with Gasteiger partial charge >= 0.3 is 0 Å². The third-order valence-corrected chi connectivity index (χ3v) is 4.43. The summed E-state index contributed by atoms with van der Waals surface area (Å²) in [6, 6.07) is 5.66. The summed E-state index contributed by atoms with van der Waals surface area (Å²) in [6.45, 7) is 0.279. The van der Waals surface area contributed by atoms with E-state index in [1.54, 1.807) is 6.07 Å². The highest BCUT2D eigenvalue weighted by Gasteiger charge is 2.33. The molecule has 0 spiro atoms. The van der Waals surface area contributed by atoms with Gasteiger partial charge in [0.15, 0.2) is 0 Å². The van der Waals surface area contributed by atoms with Gasteiger partial charge in [-0.2, -0.15) is 0 Å². The standard InChI is InChI=1S/C12H17FN2O2S.ClH/c13-11-4-2-1-3-10(11)8-18(16,17)15-12(7-14)9-5-6-9;/h1-4,9,12,15H,5-8,14H2;1H. The molecule has 0 heterocycles. The lowest BCUT2D eigenvalue weighted by Crippen LogP contribution is -2.42. The van der Waals surface area contributed by atoms with E-state index in [1.165, 1.54) is 18.2 Å². The highest BCUT2D eigenvalue weighted by Crippen LogP contribution is 2.32. The minimum atomic E-state index is -3.54. The van der Waals surface area contributed by atoms with E-state index in [1.807, 2.05) is 0 Å². The Balaban J connectivity index is 0.00000180. The van der Waals surface area contributed by atoms with E-state index in [4.69, 9.17) is 5.73 Å². The molecular weight excluding hydrogens is 291 g/mol. The second kappa shape index (κ2) is 6.65. The summed E-state index contributed by atoms with van der Waals surface area (Å²) in [4.78, 5) is 0. The largest absolute Gasteiger partial charge is 0.329 e. The van der Waals surface area contributed by atoms with Crippen LogP contribution < -0.4 is 10.5 Å². The zero-order valence-electron chi connectivity index (χ0n) is 10.4. The van der Waals surface area contributed by atoms with Crippen molar-refractivity contribution in [2.75, 3.05) is 6.54 Å². The number of sulfonamides is 1. The maximum Gasteiger partial charge on any atom is 0.216 e. The first-order valence-electron chi connectivity index (χ1n) is 5.95. The Labute approximate surface area is 119 Å². The van der Waals surface area contributed by atoms with Crippen molar-refractivity contribution >= 4 is 22.4 Å². The first kappa shape index (κ1) is 16.4. The second-order valence-corrected chi connectivity index (χ2v) is 6.40. The molecule has 0 aromatic heterocycles. The fourth-order valence-corrected chi connectivity index (χ4v) is 3.40. The number of halogens is 2. The van der Waals surface area contributed by atoms with Gasteiger partial charge in [0.1, 0.15) is 5.82 Å². The molecule has 19 heavy (non-hydrogen) atoms. The van der Waals surface area contributed by atoms with Crippen LogP contribution in [0.15, 0.2) is 24.3 Å². The van der Waals surface area contributed by atoms with Crippen LogP contribution in [0.2, 0.25) is 0 Å². The van der Waals surface area contributed by atoms with E-state index < -0.39 is 15.8 Å². The molecule has 1 aromatic carbocycles. The van der Waals surface area contributed by atoms with Gasteiger partial charge in [-0.05, 0) is 24.8 Å². The van der Waals surface area contributed by atoms with Crippen molar-refractivity contribution in [1.29, 1.82) is 0 Å². The Bertz CT molecular complexity index is 520. The normalized spacial score (nSPS) is 16.7. The lowest BCUT2D eigenvalue weighted by Gasteiger charge is -2.16. The Kier molecular flexibility index (Phi) is 5.73. The maximum absolute atomic E-state index is 13.4. The number of benzene rings is 1. The molecule has 0 amide bonds. The van der Waals surface area contributed by atoms with E-state index >= 15 is 0 Å². The summed E-state index contributed by atoms with van der Waals surface area (Å²) in [5.41, 5.74) is 5.72. The molecular formula is C12H18ClFN2O2S. The van der Waals surface area contributed by atoms with Crippen LogP contribution in [0.3, 0.4) is 0 Å². The van der Waals surface area contributed by atoms with Crippen molar-refractivity contribution < 1.29 is 12.8 Å². The number of hydrogen-bond acceptors (Lipinski definition) is 3. The van der Waals surface area contributed by atoms with Crippen molar-refractivity contribution in [1.82, 2.24) is 4.72 Å². The molecule has 108 valence electrons. The minimum Gasteiger partial charge on any atom is -0.329 e. The first-order chi connectivity index (χ1) is 8.52. The molecule has 0 bridgehead atoms. The van der Waals surface area contributed by atoms with Crippen LogP contribution in [-0.2, 0) is 15.8 Å². The predicted octanol–water partition coefficient (Wildman–Crippen LogP) is 1.40. The smallest absolute Gasteiger partial charge is 0.216 e. The van der Waals surface area contributed by atoms with Crippen LogP contribution in [0.5, 0.6) is 0 Å². The minimum absolute atomic E-state index is 0. The quantitative estimate of drug-likeness (QED) is 0.834. The van der Waals surface area contributed by atoms with Gasteiger partial charge in [-0.1, -0.05) is 18.2 Å². The molecule has 3 N–H and O–H groups in total. The summed E-state index contributed by atoms with van der Waals surface area (Å²) < 4.78 is 39.8. The molecule has 1 aliphatic rings. The van der Waals surface area contributed by atoms with Crippen LogP contribution >= 0.6 is 12.4 Å². The van der Waals surface area contributed by atoms with Gasteiger partial charge in [0.25, 0.3) is 0 Å². The maximum atomic E-state index is 13.4. The molecule has 1 fully saturated rings. The van der Waals surface area contributed by atoms with Gasteiger partial charge in [0.2, 0.25) is 10.0 Å². The summed E-state index contributed by atoms with van der Waals surface area (Å²) in [6.07, 6.45) is 2.01. The Morgan fingerprint density at radius 1 is 1.37 bits per heavy atom. The van der Waals surface area contributed by atoms with Gasteiger partial charge in [0.05, 0.1) is 5.75 Å². The number of nitrogens with one attached hydrogen (secondary N) is 1. The van der Waals surface area contributed by atoms with Crippen molar-refractivity contribution in [2.24, 2.45) is 11.7 Å². The zero-order valence-corrected chi connectivity index (χ0v) is 12.0. The van der Waals surface area contributed by atoms with Crippen LogP contribution in [0.1, 0.15) is 18.4 Å². The van der Waals surface area contributed by atoms with Crippen LogP contribution in [0, 0.1) is 11.7 Å². The number of rotatable bonds is 6. The Morgan fingerprint density at radius 3 is 2.53 bits per heavy atom. The average molecular weight is 309 g/mol. The van der Waals surface area contributed by atoms with E-state index in [-0.39, 0.29) is 36.3 Å². The molecule has 7 heteroatoms. The van der Waals surface area contributed by atoms with Gasteiger partial charge < -0.3 is 5.73 Å². The van der Waals surface area contributed by atoms with Crippen molar-refractivity contribution in [3.05, 3.63) is 35.6 Å². The summed E-state index contributed by atoms with van der Waals surface area (Å²) in [7, 11) is -3.54. The molecule has 0 radical (unpaired) electrons. The molecule has 1 unspecified atom stereocenters. The SMILES string of the molecule is Cl.NCC(NS(=O)(=O)Cc1ccccc1F)C1CC1. The third-order valence-electron chi connectivity index (χ3n) is 3.08. The summed E-state index contributed by atoms with van der Waals surface area (Å²) >= 11 is 0. The zero-order chi connectivity index (χ0) is 13.2. The van der Waals surface area contributed by atoms with Gasteiger partial charge in [0, 0.05) is 18.2 Å². The van der Waals surface area contributed by atoms with Crippen molar-refractivity contribution in [3.63, 3.8) is 0 Å². The summed E-state index contributed by atoms with van der Waals surface area (Å²) in [5, 5.41) is 0. The average Bonchev–Trinajstić information content (AvgIpc) is 3.13. The topological polar surface area (TPSA) is 72.2 Å². The molecule has 1 aliphatic carbocycles. The van der Waals surface area contributed by atoms with Crippen LogP contribution in [0.25, 0.3) is 0 Å². The van der Waals surface area contributed by atoms with Gasteiger partial charge in [-0.15, -0.1) is 12.4 Å². The predicted molar refractivity (Wildman–Crippen MR) is 75.0 cm³/mol. The Morgan fingerprint density at radius 2 is 2.00 bits per heavy atom. The van der Waals surface area contributed by atoms with Gasteiger partial charge in [-0.25, -0.2) is 17.5 Å².